The fourth-order valence-corrected chi connectivity index (χ4v) is 2.81. The largest absolute Gasteiger partial charge is 0.480 e. The van der Waals surface area contributed by atoms with Crippen LogP contribution in [0.15, 0.2) is 0 Å². The first-order valence-corrected chi connectivity index (χ1v) is 6.36. The molecule has 0 saturated carbocycles. The first-order valence-electron chi connectivity index (χ1n) is 5.31. The summed E-state index contributed by atoms with van der Waals surface area (Å²) in [7, 11) is 0. The van der Waals surface area contributed by atoms with Crippen LogP contribution in [-0.4, -0.2) is 84.2 Å². The van der Waals surface area contributed by atoms with Gasteiger partial charge in [0.1, 0.15) is 24.4 Å². The molecule has 0 unspecified atom stereocenters. The van der Waals surface area contributed by atoms with Crippen LogP contribution in [-0.2, 0) is 9.59 Å². The molecule has 1 aliphatic heterocycles. The maximum Gasteiger partial charge on any atom is 0.335 e. The Labute approximate surface area is 111 Å². The van der Waals surface area contributed by atoms with E-state index in [9.17, 15) is 24.9 Å². The predicted octanol–water partition coefficient (Wildman–Crippen LogP) is -3.37. The topological polar surface area (TPSA) is 168 Å². The molecule has 0 bridgehead atoms. The lowest BCUT2D eigenvalue weighted by Gasteiger charge is -2.28. The predicted molar refractivity (Wildman–Crippen MR) is 62.5 cm³/mol. The van der Waals surface area contributed by atoms with Gasteiger partial charge in [-0.05, 0) is 0 Å². The number of aliphatic hydroxyl groups is 4. The third-order valence-corrected chi connectivity index (χ3v) is 3.99. The Bertz CT molecular complexity index is 353. The number of thioether (sulfide) groups is 1. The molecule has 0 aromatic rings. The van der Waals surface area contributed by atoms with Gasteiger partial charge in [0.15, 0.2) is 6.10 Å². The van der Waals surface area contributed by atoms with E-state index in [-0.39, 0.29) is 5.75 Å². The first-order chi connectivity index (χ1) is 8.75. The maximum atomic E-state index is 10.7. The van der Waals surface area contributed by atoms with E-state index >= 15 is 0 Å². The summed E-state index contributed by atoms with van der Waals surface area (Å²) < 4.78 is 0. The number of aliphatic hydroxyl groups excluding tert-OH is 4. The number of carboxylic acid groups (broad SMARTS) is 2. The smallest absolute Gasteiger partial charge is 0.335 e. The SMILES string of the molecule is O=C(O)[C@@H]1CS[C@@H]([C@@H](O)[C@@H](O)[C@@H](O)[C@@H](O)C(=O)O)N1. The summed E-state index contributed by atoms with van der Waals surface area (Å²) in [5.74, 6) is -2.71. The summed E-state index contributed by atoms with van der Waals surface area (Å²) in [6.45, 7) is 0. The molecule has 0 aromatic carbocycles. The van der Waals surface area contributed by atoms with Crippen LogP contribution in [0.3, 0.4) is 0 Å². The van der Waals surface area contributed by atoms with Crippen molar-refractivity contribution in [3.05, 3.63) is 0 Å². The zero-order chi connectivity index (χ0) is 14.7. The zero-order valence-electron chi connectivity index (χ0n) is 9.58. The van der Waals surface area contributed by atoms with Crippen LogP contribution in [0, 0.1) is 0 Å². The number of nitrogens with one attached hydrogen (secondary N) is 1. The minimum Gasteiger partial charge on any atom is -0.480 e. The third kappa shape index (κ3) is 3.78. The molecule has 1 heterocycles. The summed E-state index contributed by atoms with van der Waals surface area (Å²) in [6, 6.07) is -0.904. The average molecular weight is 297 g/mol. The molecule has 0 aliphatic carbocycles. The van der Waals surface area contributed by atoms with E-state index in [0.29, 0.717) is 0 Å². The number of aliphatic carboxylic acids is 2. The summed E-state index contributed by atoms with van der Waals surface area (Å²) >= 11 is 1.01. The molecular weight excluding hydrogens is 282 g/mol. The van der Waals surface area contributed by atoms with Gasteiger partial charge in [0.25, 0.3) is 0 Å². The van der Waals surface area contributed by atoms with Crippen LogP contribution in [0.25, 0.3) is 0 Å². The van der Waals surface area contributed by atoms with Gasteiger partial charge in [-0.3, -0.25) is 10.1 Å². The van der Waals surface area contributed by atoms with Crippen molar-refractivity contribution >= 4 is 23.7 Å². The van der Waals surface area contributed by atoms with Gasteiger partial charge in [-0.15, -0.1) is 11.8 Å². The van der Waals surface area contributed by atoms with E-state index in [1.807, 2.05) is 0 Å². The Hall–Kier alpha value is -0.910. The highest BCUT2D eigenvalue weighted by Crippen LogP contribution is 2.24. The second kappa shape index (κ2) is 6.50. The van der Waals surface area contributed by atoms with Crippen molar-refractivity contribution in [2.45, 2.75) is 35.8 Å². The normalized spacial score (nSPS) is 29.5. The van der Waals surface area contributed by atoms with Gasteiger partial charge in [-0.25, -0.2) is 4.79 Å². The molecule has 19 heavy (non-hydrogen) atoms. The number of rotatable bonds is 6. The molecule has 0 aromatic heterocycles. The van der Waals surface area contributed by atoms with Crippen molar-refractivity contribution in [3.8, 4) is 0 Å². The summed E-state index contributed by atoms with van der Waals surface area (Å²) in [4.78, 5) is 21.1. The molecule has 9 nitrogen and oxygen atoms in total. The Morgan fingerprint density at radius 1 is 1.11 bits per heavy atom. The van der Waals surface area contributed by atoms with Crippen LogP contribution in [0.5, 0.6) is 0 Å². The summed E-state index contributed by atoms with van der Waals surface area (Å²) in [5, 5.41) is 56.5. The van der Waals surface area contributed by atoms with Gasteiger partial charge in [-0.2, -0.15) is 0 Å². The third-order valence-electron chi connectivity index (χ3n) is 2.69. The van der Waals surface area contributed by atoms with Crippen LogP contribution >= 0.6 is 11.8 Å². The Balaban J connectivity index is 2.60. The lowest BCUT2D eigenvalue weighted by Crippen LogP contribution is -2.53. The first kappa shape index (κ1) is 16.1. The number of hydrogen-bond donors (Lipinski definition) is 7. The second-order valence-corrected chi connectivity index (χ2v) is 5.24. The second-order valence-electron chi connectivity index (χ2n) is 4.07. The molecule has 0 spiro atoms. The van der Waals surface area contributed by atoms with Gasteiger partial charge in [-0.1, -0.05) is 0 Å². The molecule has 1 rings (SSSR count). The van der Waals surface area contributed by atoms with Crippen LogP contribution in [0.1, 0.15) is 0 Å². The van der Waals surface area contributed by atoms with Crippen LogP contribution in [0.2, 0.25) is 0 Å². The van der Waals surface area contributed by atoms with Gasteiger partial charge >= 0.3 is 11.9 Å². The highest BCUT2D eigenvalue weighted by molar-refractivity contribution is 8.00. The molecule has 110 valence electrons. The molecule has 6 atom stereocenters. The molecule has 10 heteroatoms. The Morgan fingerprint density at radius 3 is 2.11 bits per heavy atom. The molecule has 0 radical (unpaired) electrons. The Morgan fingerprint density at radius 2 is 1.68 bits per heavy atom. The molecule has 1 aliphatic rings. The van der Waals surface area contributed by atoms with Crippen molar-refractivity contribution in [3.63, 3.8) is 0 Å². The van der Waals surface area contributed by atoms with E-state index in [0.717, 1.165) is 11.8 Å². The molecule has 7 N–H and O–H groups in total. The van der Waals surface area contributed by atoms with Crippen LogP contribution in [0.4, 0.5) is 0 Å². The lowest BCUT2D eigenvalue weighted by molar-refractivity contribution is -0.162. The standard InChI is InChI=1S/C9H15NO8S/c11-3(4(12)6(14)9(17)18)5(13)7-10-2(1-19-7)8(15)16/h2-7,10-14H,1H2,(H,15,16)(H,17,18)/t2-,3-,4+,5-,6+,7-/m0/s1. The van der Waals surface area contributed by atoms with E-state index < -0.39 is 47.8 Å². The lowest BCUT2D eigenvalue weighted by atomic mass is 10.0. The average Bonchev–Trinajstić information content (AvgIpc) is 2.84. The molecule has 0 amide bonds. The minimum absolute atomic E-state index is 0.154. The zero-order valence-corrected chi connectivity index (χ0v) is 10.4. The highest BCUT2D eigenvalue weighted by atomic mass is 32.2. The number of carbonyl (C=O) groups is 2. The van der Waals surface area contributed by atoms with E-state index in [1.165, 1.54) is 0 Å². The molecule has 1 fully saturated rings. The Kier molecular flexibility index (Phi) is 5.52. The van der Waals surface area contributed by atoms with Gasteiger partial charge in [0.2, 0.25) is 0 Å². The van der Waals surface area contributed by atoms with Crippen molar-refractivity contribution in [1.29, 1.82) is 0 Å². The van der Waals surface area contributed by atoms with Crippen molar-refractivity contribution in [2.75, 3.05) is 5.75 Å². The highest BCUT2D eigenvalue weighted by Gasteiger charge is 2.41. The van der Waals surface area contributed by atoms with E-state index in [2.05, 4.69) is 5.32 Å². The van der Waals surface area contributed by atoms with E-state index in [1.54, 1.807) is 0 Å². The van der Waals surface area contributed by atoms with Gasteiger partial charge < -0.3 is 30.6 Å². The van der Waals surface area contributed by atoms with Crippen molar-refractivity contribution < 1.29 is 40.2 Å². The quantitative estimate of drug-likeness (QED) is 0.263. The van der Waals surface area contributed by atoms with Gasteiger partial charge in [0, 0.05) is 5.75 Å². The van der Waals surface area contributed by atoms with Crippen molar-refractivity contribution in [1.82, 2.24) is 5.32 Å². The molecule has 1 saturated heterocycles. The van der Waals surface area contributed by atoms with Gasteiger partial charge in [0.05, 0.1) is 5.37 Å². The monoisotopic (exact) mass is 297 g/mol. The fourth-order valence-electron chi connectivity index (χ4n) is 1.55. The van der Waals surface area contributed by atoms with Crippen LogP contribution < -0.4 is 5.32 Å². The summed E-state index contributed by atoms with van der Waals surface area (Å²) in [6.07, 6.45) is -7.88. The summed E-state index contributed by atoms with van der Waals surface area (Å²) in [5.41, 5.74) is 0. The number of hydrogen-bond acceptors (Lipinski definition) is 8. The fraction of sp³-hybridized carbons (Fsp3) is 0.778. The molecular formula is C9H15NO8S. The number of carboxylic acids is 2. The van der Waals surface area contributed by atoms with E-state index in [4.69, 9.17) is 15.3 Å². The minimum atomic E-state index is -2.24. The van der Waals surface area contributed by atoms with Crippen molar-refractivity contribution in [2.24, 2.45) is 0 Å². The maximum absolute atomic E-state index is 10.7.